The van der Waals surface area contributed by atoms with E-state index in [4.69, 9.17) is 11.5 Å². The third kappa shape index (κ3) is 4.26. The standard InChI is InChI=1S/C16H20N4/c17-11-9-13-1-5-15(6-2-13)19-20-16-7-3-14(4-8-16)10-12-18/h1-8H,9-12,17-18H2. The molecular weight excluding hydrogens is 248 g/mol. The normalized spacial score (nSPS) is 11.1. The highest BCUT2D eigenvalue weighted by Crippen LogP contribution is 2.19. The highest BCUT2D eigenvalue weighted by molar-refractivity contribution is 5.42. The fourth-order valence-electron chi connectivity index (χ4n) is 1.91. The second-order valence-corrected chi connectivity index (χ2v) is 4.61. The monoisotopic (exact) mass is 268 g/mol. The minimum Gasteiger partial charge on any atom is -0.330 e. The molecule has 0 saturated heterocycles. The highest BCUT2D eigenvalue weighted by Gasteiger charge is 1.94. The van der Waals surface area contributed by atoms with Gasteiger partial charge in [-0.2, -0.15) is 10.2 Å². The van der Waals surface area contributed by atoms with Gasteiger partial charge < -0.3 is 11.5 Å². The van der Waals surface area contributed by atoms with E-state index in [0.29, 0.717) is 13.1 Å². The Hall–Kier alpha value is -2.04. The van der Waals surface area contributed by atoms with Gasteiger partial charge in [-0.25, -0.2) is 0 Å². The summed E-state index contributed by atoms with van der Waals surface area (Å²) in [6.45, 7) is 1.33. The molecule has 4 nitrogen and oxygen atoms in total. The summed E-state index contributed by atoms with van der Waals surface area (Å²) in [7, 11) is 0. The number of nitrogens with zero attached hydrogens (tertiary/aromatic N) is 2. The quantitative estimate of drug-likeness (QED) is 0.790. The van der Waals surface area contributed by atoms with Crippen LogP contribution in [-0.4, -0.2) is 13.1 Å². The molecule has 0 aliphatic carbocycles. The SMILES string of the molecule is NCCc1ccc(N=Nc2ccc(CCN)cc2)cc1. The topological polar surface area (TPSA) is 76.8 Å². The molecule has 0 unspecified atom stereocenters. The maximum Gasteiger partial charge on any atom is 0.0857 e. The third-order valence-corrected chi connectivity index (χ3v) is 3.02. The molecule has 0 aromatic heterocycles. The number of hydrogen-bond acceptors (Lipinski definition) is 4. The predicted molar refractivity (Wildman–Crippen MR) is 82.6 cm³/mol. The zero-order valence-electron chi connectivity index (χ0n) is 11.5. The van der Waals surface area contributed by atoms with E-state index in [1.54, 1.807) is 0 Å². The van der Waals surface area contributed by atoms with E-state index in [-0.39, 0.29) is 0 Å². The molecule has 20 heavy (non-hydrogen) atoms. The molecule has 104 valence electrons. The van der Waals surface area contributed by atoms with Crippen molar-refractivity contribution in [3.05, 3.63) is 59.7 Å². The molecule has 0 heterocycles. The maximum absolute atomic E-state index is 5.52. The minimum atomic E-state index is 0.663. The number of nitrogens with two attached hydrogens (primary N) is 2. The van der Waals surface area contributed by atoms with Crippen LogP contribution in [0.4, 0.5) is 11.4 Å². The summed E-state index contributed by atoms with van der Waals surface area (Å²) in [5.74, 6) is 0. The Bertz CT molecular complexity index is 492. The molecule has 0 spiro atoms. The van der Waals surface area contributed by atoms with Crippen LogP contribution in [0.15, 0.2) is 58.8 Å². The van der Waals surface area contributed by atoms with Crippen LogP contribution in [0.5, 0.6) is 0 Å². The van der Waals surface area contributed by atoms with Crippen LogP contribution in [0.1, 0.15) is 11.1 Å². The first-order valence-electron chi connectivity index (χ1n) is 6.81. The summed E-state index contributed by atoms with van der Waals surface area (Å²) in [5.41, 5.74) is 15.2. The van der Waals surface area contributed by atoms with Gasteiger partial charge in [0, 0.05) is 0 Å². The van der Waals surface area contributed by atoms with Gasteiger partial charge in [-0.15, -0.1) is 0 Å². The molecule has 0 saturated carbocycles. The molecule has 0 fully saturated rings. The molecule has 0 amide bonds. The molecule has 2 aromatic carbocycles. The summed E-state index contributed by atoms with van der Waals surface area (Å²) in [6.07, 6.45) is 1.78. The van der Waals surface area contributed by atoms with Crippen molar-refractivity contribution in [1.82, 2.24) is 0 Å². The maximum atomic E-state index is 5.52. The Morgan fingerprint density at radius 1 is 0.600 bits per heavy atom. The smallest absolute Gasteiger partial charge is 0.0857 e. The molecule has 0 atom stereocenters. The molecule has 0 aliphatic heterocycles. The van der Waals surface area contributed by atoms with Crippen molar-refractivity contribution in [2.75, 3.05) is 13.1 Å². The van der Waals surface area contributed by atoms with Crippen LogP contribution in [0.2, 0.25) is 0 Å². The lowest BCUT2D eigenvalue weighted by atomic mass is 10.1. The van der Waals surface area contributed by atoms with Crippen LogP contribution in [0.25, 0.3) is 0 Å². The highest BCUT2D eigenvalue weighted by atomic mass is 15.1. The summed E-state index contributed by atoms with van der Waals surface area (Å²) in [6, 6.07) is 16.0. The van der Waals surface area contributed by atoms with E-state index in [0.717, 1.165) is 24.2 Å². The van der Waals surface area contributed by atoms with Crippen molar-refractivity contribution in [3.63, 3.8) is 0 Å². The first-order valence-corrected chi connectivity index (χ1v) is 6.81. The number of benzene rings is 2. The summed E-state index contributed by atoms with van der Waals surface area (Å²) >= 11 is 0. The summed E-state index contributed by atoms with van der Waals surface area (Å²) in [5, 5.41) is 8.44. The summed E-state index contributed by atoms with van der Waals surface area (Å²) < 4.78 is 0. The van der Waals surface area contributed by atoms with Crippen LogP contribution in [0, 0.1) is 0 Å². The molecule has 0 bridgehead atoms. The second-order valence-electron chi connectivity index (χ2n) is 4.61. The van der Waals surface area contributed by atoms with Gasteiger partial charge in [-0.3, -0.25) is 0 Å². The van der Waals surface area contributed by atoms with Crippen LogP contribution >= 0.6 is 0 Å². The molecule has 4 heteroatoms. The Morgan fingerprint density at radius 2 is 0.950 bits per heavy atom. The lowest BCUT2D eigenvalue weighted by molar-refractivity contribution is 0.967. The van der Waals surface area contributed by atoms with Gasteiger partial charge in [0.25, 0.3) is 0 Å². The first kappa shape index (κ1) is 14.4. The zero-order chi connectivity index (χ0) is 14.2. The Kier molecular flexibility index (Phi) is 5.41. The van der Waals surface area contributed by atoms with Gasteiger partial charge in [0.2, 0.25) is 0 Å². The Labute approximate surface area is 119 Å². The lowest BCUT2D eigenvalue weighted by Crippen LogP contribution is -2.02. The Morgan fingerprint density at radius 3 is 1.25 bits per heavy atom. The van der Waals surface area contributed by atoms with E-state index >= 15 is 0 Å². The average Bonchev–Trinajstić information content (AvgIpc) is 2.49. The predicted octanol–water partition coefficient (Wildman–Crippen LogP) is 3.10. The van der Waals surface area contributed by atoms with Crippen molar-refractivity contribution >= 4 is 11.4 Å². The number of rotatable bonds is 6. The van der Waals surface area contributed by atoms with Gasteiger partial charge >= 0.3 is 0 Å². The lowest BCUT2D eigenvalue weighted by Gasteiger charge is -1.99. The van der Waals surface area contributed by atoms with Gasteiger partial charge in [0.1, 0.15) is 0 Å². The molecule has 4 N–H and O–H groups in total. The van der Waals surface area contributed by atoms with E-state index < -0.39 is 0 Å². The number of azo groups is 1. The number of hydrogen-bond donors (Lipinski definition) is 2. The molecule has 0 radical (unpaired) electrons. The van der Waals surface area contributed by atoms with Crippen molar-refractivity contribution < 1.29 is 0 Å². The minimum absolute atomic E-state index is 0.663. The van der Waals surface area contributed by atoms with Gasteiger partial charge in [-0.05, 0) is 61.3 Å². The van der Waals surface area contributed by atoms with Gasteiger partial charge in [-0.1, -0.05) is 24.3 Å². The van der Waals surface area contributed by atoms with Gasteiger partial charge in [0.15, 0.2) is 0 Å². The van der Waals surface area contributed by atoms with Crippen molar-refractivity contribution in [3.8, 4) is 0 Å². The van der Waals surface area contributed by atoms with E-state index in [9.17, 15) is 0 Å². The molecule has 0 aliphatic rings. The third-order valence-electron chi connectivity index (χ3n) is 3.02. The van der Waals surface area contributed by atoms with E-state index in [2.05, 4.69) is 10.2 Å². The van der Waals surface area contributed by atoms with E-state index in [1.807, 2.05) is 48.5 Å². The van der Waals surface area contributed by atoms with Crippen molar-refractivity contribution in [2.45, 2.75) is 12.8 Å². The van der Waals surface area contributed by atoms with Gasteiger partial charge in [0.05, 0.1) is 11.4 Å². The first-order chi connectivity index (χ1) is 9.81. The average molecular weight is 268 g/mol. The van der Waals surface area contributed by atoms with Crippen LogP contribution in [-0.2, 0) is 12.8 Å². The zero-order valence-corrected chi connectivity index (χ0v) is 11.5. The second kappa shape index (κ2) is 7.53. The fourth-order valence-corrected chi connectivity index (χ4v) is 1.91. The van der Waals surface area contributed by atoms with Crippen molar-refractivity contribution in [1.29, 1.82) is 0 Å². The molecule has 2 rings (SSSR count). The molecular formula is C16H20N4. The Balaban J connectivity index is 2.01. The van der Waals surface area contributed by atoms with Crippen LogP contribution < -0.4 is 11.5 Å². The van der Waals surface area contributed by atoms with Crippen molar-refractivity contribution in [2.24, 2.45) is 21.7 Å². The van der Waals surface area contributed by atoms with E-state index in [1.165, 1.54) is 11.1 Å². The van der Waals surface area contributed by atoms with Crippen LogP contribution in [0.3, 0.4) is 0 Å². The summed E-state index contributed by atoms with van der Waals surface area (Å²) in [4.78, 5) is 0. The largest absolute Gasteiger partial charge is 0.330 e. The fraction of sp³-hybridized carbons (Fsp3) is 0.250. The molecule has 2 aromatic rings.